The Hall–Kier alpha value is -1.14. The predicted molar refractivity (Wildman–Crippen MR) is 70.9 cm³/mol. The third-order valence-electron chi connectivity index (χ3n) is 3.61. The first-order valence-electron chi connectivity index (χ1n) is 6.75. The van der Waals surface area contributed by atoms with Crippen LogP contribution < -0.4 is 5.32 Å². The molecule has 1 fully saturated rings. The van der Waals surface area contributed by atoms with E-state index in [1.165, 1.54) is 0 Å². The van der Waals surface area contributed by atoms with E-state index >= 15 is 0 Å². The van der Waals surface area contributed by atoms with Gasteiger partial charge in [0.15, 0.2) is 0 Å². The topological polar surface area (TPSA) is 78.9 Å². The average Bonchev–Trinajstić information content (AvgIpc) is 2.74. The quantitative estimate of drug-likeness (QED) is 0.622. The fourth-order valence-electron chi connectivity index (χ4n) is 2.61. The Morgan fingerprint density at radius 2 is 2.21 bits per heavy atom. The number of carbonyl (C=O) groups is 2. The van der Waals surface area contributed by atoms with Gasteiger partial charge in [0.05, 0.1) is 18.6 Å². The molecular weight excluding hydrogens is 248 g/mol. The maximum atomic E-state index is 11.7. The Kier molecular flexibility index (Phi) is 6.24. The summed E-state index contributed by atoms with van der Waals surface area (Å²) < 4.78 is 4.85. The molecule has 0 aromatic heterocycles. The summed E-state index contributed by atoms with van der Waals surface area (Å²) in [7, 11) is 1.58. The van der Waals surface area contributed by atoms with Gasteiger partial charge in [-0.05, 0) is 19.4 Å². The van der Waals surface area contributed by atoms with Crippen molar-refractivity contribution in [3.63, 3.8) is 0 Å². The smallest absolute Gasteiger partial charge is 0.310 e. The second-order valence-electron chi connectivity index (χ2n) is 5.14. The van der Waals surface area contributed by atoms with E-state index in [1.54, 1.807) is 7.11 Å². The number of amides is 1. The van der Waals surface area contributed by atoms with E-state index in [1.807, 2.05) is 11.8 Å². The van der Waals surface area contributed by atoms with Crippen molar-refractivity contribution in [1.82, 2.24) is 10.2 Å². The summed E-state index contributed by atoms with van der Waals surface area (Å²) >= 11 is 0. The maximum absolute atomic E-state index is 11.7. The van der Waals surface area contributed by atoms with E-state index in [0.717, 1.165) is 6.42 Å². The lowest BCUT2D eigenvalue weighted by Gasteiger charge is -2.24. The molecular formula is C13H24N2O4. The van der Waals surface area contributed by atoms with Crippen molar-refractivity contribution >= 4 is 11.9 Å². The molecule has 1 atom stereocenters. The number of nitrogens with zero attached hydrogens (tertiary/aromatic N) is 1. The van der Waals surface area contributed by atoms with Crippen LogP contribution in [0.4, 0.5) is 0 Å². The van der Waals surface area contributed by atoms with Crippen molar-refractivity contribution < 1.29 is 19.4 Å². The molecule has 1 unspecified atom stereocenters. The van der Waals surface area contributed by atoms with Crippen LogP contribution in [0.3, 0.4) is 0 Å². The molecule has 110 valence electrons. The number of carboxylic acid groups (broad SMARTS) is 1. The Bertz CT molecular complexity index is 322. The van der Waals surface area contributed by atoms with Gasteiger partial charge in [-0.2, -0.15) is 0 Å². The van der Waals surface area contributed by atoms with Gasteiger partial charge in [0, 0.05) is 20.2 Å². The average molecular weight is 272 g/mol. The van der Waals surface area contributed by atoms with Crippen LogP contribution in [-0.4, -0.2) is 61.8 Å². The lowest BCUT2D eigenvalue weighted by atomic mass is 9.83. The lowest BCUT2D eigenvalue weighted by Crippen LogP contribution is -2.40. The molecule has 6 heteroatoms. The summed E-state index contributed by atoms with van der Waals surface area (Å²) in [6, 6.07) is 0. The molecule has 0 aromatic rings. The van der Waals surface area contributed by atoms with Crippen molar-refractivity contribution in [3.05, 3.63) is 0 Å². The number of rotatable bonds is 8. The zero-order chi connectivity index (χ0) is 14.3. The summed E-state index contributed by atoms with van der Waals surface area (Å²) in [6.45, 7) is 4.37. The van der Waals surface area contributed by atoms with Gasteiger partial charge in [0.1, 0.15) is 0 Å². The van der Waals surface area contributed by atoms with Gasteiger partial charge in [-0.25, -0.2) is 0 Å². The van der Waals surface area contributed by atoms with Crippen LogP contribution in [0.25, 0.3) is 0 Å². The van der Waals surface area contributed by atoms with E-state index in [4.69, 9.17) is 4.74 Å². The molecule has 0 aromatic carbocycles. The first kappa shape index (κ1) is 15.9. The number of nitrogens with one attached hydrogen (secondary N) is 1. The molecule has 1 saturated heterocycles. The first-order chi connectivity index (χ1) is 9.04. The number of aliphatic carboxylic acids is 1. The molecule has 1 heterocycles. The largest absolute Gasteiger partial charge is 0.481 e. The number of methoxy groups -OCH3 is 1. The zero-order valence-electron chi connectivity index (χ0n) is 11.8. The van der Waals surface area contributed by atoms with Crippen LogP contribution in [0.1, 0.15) is 26.2 Å². The van der Waals surface area contributed by atoms with E-state index in [9.17, 15) is 14.7 Å². The van der Waals surface area contributed by atoms with Gasteiger partial charge in [-0.3, -0.25) is 14.5 Å². The Labute approximate surface area is 114 Å². The second-order valence-corrected chi connectivity index (χ2v) is 5.14. The minimum absolute atomic E-state index is 0.0743. The second kappa shape index (κ2) is 7.45. The van der Waals surface area contributed by atoms with Crippen LogP contribution in [0.15, 0.2) is 0 Å². The highest BCUT2D eigenvalue weighted by Crippen LogP contribution is 2.35. The van der Waals surface area contributed by atoms with Crippen molar-refractivity contribution in [3.8, 4) is 0 Å². The fraction of sp³-hybridized carbons (Fsp3) is 0.846. The highest BCUT2D eigenvalue weighted by molar-refractivity contribution is 5.79. The summed E-state index contributed by atoms with van der Waals surface area (Å²) in [5.74, 6) is -0.814. The molecule has 0 bridgehead atoms. The summed E-state index contributed by atoms with van der Waals surface area (Å²) in [5, 5.41) is 12.1. The molecule has 1 rings (SSSR count). The third kappa shape index (κ3) is 4.47. The normalized spacial score (nSPS) is 23.5. The molecule has 1 aliphatic heterocycles. The maximum Gasteiger partial charge on any atom is 0.310 e. The van der Waals surface area contributed by atoms with Gasteiger partial charge >= 0.3 is 5.97 Å². The summed E-state index contributed by atoms with van der Waals surface area (Å²) in [4.78, 5) is 25.0. The third-order valence-corrected chi connectivity index (χ3v) is 3.61. The SMILES string of the molecule is CCCC1(C(=O)O)CCN(CC(=O)NCCOC)C1. The fourth-order valence-corrected chi connectivity index (χ4v) is 2.61. The van der Waals surface area contributed by atoms with Crippen LogP contribution in [0.2, 0.25) is 0 Å². The highest BCUT2D eigenvalue weighted by atomic mass is 16.5. The summed E-state index contributed by atoms with van der Waals surface area (Å²) in [5.41, 5.74) is -0.665. The lowest BCUT2D eigenvalue weighted by molar-refractivity contribution is -0.148. The minimum atomic E-state index is -0.739. The highest BCUT2D eigenvalue weighted by Gasteiger charge is 2.44. The van der Waals surface area contributed by atoms with Gasteiger partial charge in [0.25, 0.3) is 0 Å². The molecule has 19 heavy (non-hydrogen) atoms. The predicted octanol–water partition coefficient (Wildman–Crippen LogP) is 0.326. The first-order valence-corrected chi connectivity index (χ1v) is 6.75. The summed E-state index contributed by atoms with van der Waals surface area (Å²) in [6.07, 6.45) is 2.14. The van der Waals surface area contributed by atoms with E-state index in [-0.39, 0.29) is 12.5 Å². The molecule has 1 amide bonds. The number of ether oxygens (including phenoxy) is 1. The molecule has 1 aliphatic rings. The number of hydrogen-bond acceptors (Lipinski definition) is 4. The number of carbonyl (C=O) groups excluding carboxylic acids is 1. The van der Waals surface area contributed by atoms with Gasteiger partial charge < -0.3 is 15.2 Å². The van der Waals surface area contributed by atoms with Crippen molar-refractivity contribution in [2.24, 2.45) is 5.41 Å². The van der Waals surface area contributed by atoms with Crippen molar-refractivity contribution in [2.45, 2.75) is 26.2 Å². The van der Waals surface area contributed by atoms with Crippen LogP contribution >= 0.6 is 0 Å². The molecule has 2 N–H and O–H groups in total. The van der Waals surface area contributed by atoms with Gasteiger partial charge in [0.2, 0.25) is 5.91 Å². The van der Waals surface area contributed by atoms with Crippen molar-refractivity contribution in [1.29, 1.82) is 0 Å². The molecule has 6 nitrogen and oxygen atoms in total. The molecule has 0 radical (unpaired) electrons. The Morgan fingerprint density at radius 1 is 1.47 bits per heavy atom. The number of hydrogen-bond donors (Lipinski definition) is 2. The minimum Gasteiger partial charge on any atom is -0.481 e. The monoisotopic (exact) mass is 272 g/mol. The Morgan fingerprint density at radius 3 is 2.79 bits per heavy atom. The standard InChI is InChI=1S/C13H24N2O4/c1-3-4-13(12(17)18)5-7-15(10-13)9-11(16)14-6-8-19-2/h3-10H2,1-2H3,(H,14,16)(H,17,18). The number of likely N-dealkylation sites (tertiary alicyclic amines) is 1. The van der Waals surface area contributed by atoms with Crippen LogP contribution in [0, 0.1) is 5.41 Å². The van der Waals surface area contributed by atoms with Crippen LogP contribution in [0.5, 0.6) is 0 Å². The van der Waals surface area contributed by atoms with Gasteiger partial charge in [-0.15, -0.1) is 0 Å². The van der Waals surface area contributed by atoms with E-state index < -0.39 is 11.4 Å². The molecule has 0 spiro atoms. The molecule has 0 aliphatic carbocycles. The molecule has 0 saturated carbocycles. The van der Waals surface area contributed by atoms with Crippen LogP contribution in [-0.2, 0) is 14.3 Å². The van der Waals surface area contributed by atoms with Gasteiger partial charge in [-0.1, -0.05) is 13.3 Å². The van der Waals surface area contributed by atoms with E-state index in [0.29, 0.717) is 39.1 Å². The zero-order valence-corrected chi connectivity index (χ0v) is 11.8. The van der Waals surface area contributed by atoms with E-state index in [2.05, 4.69) is 5.32 Å². The number of carboxylic acids is 1. The van der Waals surface area contributed by atoms with Crippen molar-refractivity contribution in [2.75, 3.05) is 39.9 Å². The Balaban J connectivity index is 2.42.